The SMILES string of the molecule is COc1ccc(CC(=O)N2CCC3NCCC3C2)cc1OC.Cl. The number of benzene rings is 1. The summed E-state index contributed by atoms with van der Waals surface area (Å²) in [5.41, 5.74) is 0.967. The number of fused-ring (bicyclic) bond motifs is 1. The summed E-state index contributed by atoms with van der Waals surface area (Å²) in [4.78, 5) is 14.6. The van der Waals surface area contributed by atoms with E-state index in [1.54, 1.807) is 14.2 Å². The van der Waals surface area contributed by atoms with Gasteiger partial charge in [0.05, 0.1) is 20.6 Å². The zero-order valence-electron chi connectivity index (χ0n) is 13.7. The van der Waals surface area contributed by atoms with Gasteiger partial charge in [-0.3, -0.25) is 4.79 Å². The summed E-state index contributed by atoms with van der Waals surface area (Å²) >= 11 is 0. The number of hydrogen-bond acceptors (Lipinski definition) is 4. The van der Waals surface area contributed by atoms with E-state index in [0.717, 1.165) is 31.6 Å². The molecule has 1 amide bonds. The Kier molecular flexibility index (Phi) is 6.13. The Morgan fingerprint density at radius 2 is 2.04 bits per heavy atom. The molecule has 0 spiro atoms. The van der Waals surface area contributed by atoms with Crippen molar-refractivity contribution in [3.05, 3.63) is 23.8 Å². The molecule has 0 bridgehead atoms. The molecular weight excluding hydrogens is 316 g/mol. The second-order valence-electron chi connectivity index (χ2n) is 6.10. The standard InChI is InChI=1S/C17H24N2O3.ClH/c1-21-15-4-3-12(9-16(15)22-2)10-17(20)19-8-6-14-13(11-19)5-7-18-14;/h3-4,9,13-14,18H,5-8,10-11H2,1-2H3;1H. The molecule has 0 aliphatic carbocycles. The van der Waals surface area contributed by atoms with Crippen LogP contribution in [-0.2, 0) is 11.2 Å². The van der Waals surface area contributed by atoms with Crippen molar-refractivity contribution >= 4 is 18.3 Å². The van der Waals surface area contributed by atoms with Crippen LogP contribution in [0.25, 0.3) is 0 Å². The van der Waals surface area contributed by atoms with Crippen molar-refractivity contribution in [3.63, 3.8) is 0 Å². The molecule has 0 saturated carbocycles. The molecule has 1 aromatic rings. The maximum Gasteiger partial charge on any atom is 0.227 e. The Labute approximate surface area is 143 Å². The number of rotatable bonds is 4. The van der Waals surface area contributed by atoms with Gasteiger partial charge in [0.25, 0.3) is 0 Å². The first-order chi connectivity index (χ1) is 10.7. The van der Waals surface area contributed by atoms with Crippen molar-refractivity contribution in [3.8, 4) is 11.5 Å². The molecular formula is C17H25ClN2O3. The normalized spacial score (nSPS) is 23.0. The quantitative estimate of drug-likeness (QED) is 0.909. The number of likely N-dealkylation sites (tertiary alicyclic amines) is 1. The number of halogens is 1. The third-order valence-corrected chi connectivity index (χ3v) is 4.81. The average Bonchev–Trinajstić information content (AvgIpc) is 3.02. The van der Waals surface area contributed by atoms with Crippen molar-refractivity contribution in [2.45, 2.75) is 25.3 Å². The molecule has 5 nitrogen and oxygen atoms in total. The van der Waals surface area contributed by atoms with Gasteiger partial charge >= 0.3 is 0 Å². The predicted molar refractivity (Wildman–Crippen MR) is 91.6 cm³/mol. The van der Waals surface area contributed by atoms with Crippen LogP contribution in [0.2, 0.25) is 0 Å². The second kappa shape index (κ2) is 7.88. The molecule has 2 saturated heterocycles. The molecule has 2 unspecified atom stereocenters. The van der Waals surface area contributed by atoms with Gasteiger partial charge in [0.15, 0.2) is 11.5 Å². The summed E-state index contributed by atoms with van der Waals surface area (Å²) in [6.07, 6.45) is 2.68. The van der Waals surface area contributed by atoms with E-state index in [1.165, 1.54) is 6.42 Å². The number of amides is 1. The maximum absolute atomic E-state index is 12.5. The Bertz CT molecular complexity index is 553. The fourth-order valence-electron chi connectivity index (χ4n) is 3.55. The first-order valence-electron chi connectivity index (χ1n) is 7.93. The zero-order chi connectivity index (χ0) is 15.5. The van der Waals surface area contributed by atoms with Crippen LogP contribution in [0.5, 0.6) is 11.5 Å². The third kappa shape index (κ3) is 3.90. The van der Waals surface area contributed by atoms with Crippen molar-refractivity contribution < 1.29 is 14.3 Å². The van der Waals surface area contributed by atoms with Gasteiger partial charge in [-0.25, -0.2) is 0 Å². The number of carbonyl (C=O) groups is 1. The minimum atomic E-state index is 0. The van der Waals surface area contributed by atoms with Gasteiger partial charge in [0.2, 0.25) is 5.91 Å². The van der Waals surface area contributed by atoms with E-state index in [9.17, 15) is 4.79 Å². The van der Waals surface area contributed by atoms with Crippen LogP contribution in [0.1, 0.15) is 18.4 Å². The summed E-state index contributed by atoms with van der Waals surface area (Å²) in [6, 6.07) is 6.29. The van der Waals surface area contributed by atoms with Gasteiger partial charge in [0.1, 0.15) is 0 Å². The van der Waals surface area contributed by atoms with Gasteiger partial charge in [-0.2, -0.15) is 0 Å². The maximum atomic E-state index is 12.5. The first-order valence-corrected chi connectivity index (χ1v) is 7.93. The van der Waals surface area contributed by atoms with Crippen LogP contribution in [0.15, 0.2) is 18.2 Å². The van der Waals surface area contributed by atoms with E-state index in [0.29, 0.717) is 29.9 Å². The van der Waals surface area contributed by atoms with Gasteiger partial charge < -0.3 is 19.7 Å². The molecule has 0 aromatic heterocycles. The zero-order valence-corrected chi connectivity index (χ0v) is 14.5. The highest BCUT2D eigenvalue weighted by molar-refractivity contribution is 5.85. The minimum absolute atomic E-state index is 0. The molecule has 2 aliphatic rings. The fraction of sp³-hybridized carbons (Fsp3) is 0.588. The number of piperidine rings is 1. The number of methoxy groups -OCH3 is 2. The van der Waals surface area contributed by atoms with Gasteiger partial charge in [-0.15, -0.1) is 12.4 Å². The largest absolute Gasteiger partial charge is 0.493 e. The summed E-state index contributed by atoms with van der Waals surface area (Å²) in [5.74, 6) is 2.20. The van der Waals surface area contributed by atoms with Crippen LogP contribution in [-0.4, -0.2) is 50.7 Å². The van der Waals surface area contributed by atoms with Crippen molar-refractivity contribution in [2.24, 2.45) is 5.92 Å². The monoisotopic (exact) mass is 340 g/mol. The molecule has 23 heavy (non-hydrogen) atoms. The molecule has 3 rings (SSSR count). The summed E-state index contributed by atoms with van der Waals surface area (Å²) < 4.78 is 10.5. The Balaban J connectivity index is 0.00000192. The number of nitrogens with zero attached hydrogens (tertiary/aromatic N) is 1. The molecule has 2 aliphatic heterocycles. The molecule has 2 atom stereocenters. The molecule has 2 heterocycles. The van der Waals surface area contributed by atoms with E-state index in [1.807, 2.05) is 23.1 Å². The second-order valence-corrected chi connectivity index (χ2v) is 6.10. The van der Waals surface area contributed by atoms with E-state index >= 15 is 0 Å². The van der Waals surface area contributed by atoms with Crippen molar-refractivity contribution in [1.82, 2.24) is 10.2 Å². The highest BCUT2D eigenvalue weighted by atomic mass is 35.5. The lowest BCUT2D eigenvalue weighted by atomic mass is 9.93. The van der Waals surface area contributed by atoms with Gasteiger partial charge in [-0.1, -0.05) is 6.07 Å². The van der Waals surface area contributed by atoms with Crippen molar-refractivity contribution in [2.75, 3.05) is 33.9 Å². The smallest absolute Gasteiger partial charge is 0.227 e. The summed E-state index contributed by atoms with van der Waals surface area (Å²) in [6.45, 7) is 2.84. The van der Waals surface area contributed by atoms with Crippen LogP contribution in [0.3, 0.4) is 0 Å². The van der Waals surface area contributed by atoms with E-state index in [4.69, 9.17) is 9.47 Å². The number of ether oxygens (including phenoxy) is 2. The van der Waals surface area contributed by atoms with Crippen LogP contribution < -0.4 is 14.8 Å². The molecule has 6 heteroatoms. The summed E-state index contributed by atoms with van der Waals surface area (Å²) in [5, 5.41) is 3.53. The van der Waals surface area contributed by atoms with E-state index in [-0.39, 0.29) is 18.3 Å². The van der Waals surface area contributed by atoms with Gasteiger partial charge in [0, 0.05) is 19.1 Å². The van der Waals surface area contributed by atoms with Crippen LogP contribution >= 0.6 is 12.4 Å². The number of nitrogens with one attached hydrogen (secondary N) is 1. The van der Waals surface area contributed by atoms with Crippen molar-refractivity contribution in [1.29, 1.82) is 0 Å². The van der Waals surface area contributed by atoms with E-state index in [2.05, 4.69) is 5.32 Å². The lowest BCUT2D eigenvalue weighted by Crippen LogP contribution is -2.47. The van der Waals surface area contributed by atoms with Crippen LogP contribution in [0, 0.1) is 5.92 Å². The molecule has 0 radical (unpaired) electrons. The van der Waals surface area contributed by atoms with Crippen LogP contribution in [0.4, 0.5) is 0 Å². The third-order valence-electron chi connectivity index (χ3n) is 4.81. The fourth-order valence-corrected chi connectivity index (χ4v) is 3.55. The van der Waals surface area contributed by atoms with E-state index < -0.39 is 0 Å². The molecule has 128 valence electrons. The molecule has 2 fully saturated rings. The number of carbonyl (C=O) groups excluding carboxylic acids is 1. The summed E-state index contributed by atoms with van der Waals surface area (Å²) in [7, 11) is 3.23. The lowest BCUT2D eigenvalue weighted by molar-refractivity contribution is -0.132. The Hall–Kier alpha value is -1.46. The number of hydrogen-bond donors (Lipinski definition) is 1. The average molecular weight is 341 g/mol. The highest BCUT2D eigenvalue weighted by Gasteiger charge is 2.34. The molecule has 1 N–H and O–H groups in total. The van der Waals surface area contributed by atoms with Gasteiger partial charge in [-0.05, 0) is 43.0 Å². The predicted octanol–water partition coefficient (Wildman–Crippen LogP) is 1.88. The Morgan fingerprint density at radius 3 is 2.78 bits per heavy atom. The first kappa shape index (κ1) is 17.9. The topological polar surface area (TPSA) is 50.8 Å². The molecule has 1 aromatic carbocycles. The minimum Gasteiger partial charge on any atom is -0.493 e. The lowest BCUT2D eigenvalue weighted by Gasteiger charge is -2.35. The highest BCUT2D eigenvalue weighted by Crippen LogP contribution is 2.29. The Morgan fingerprint density at radius 1 is 1.26 bits per heavy atom.